The third-order valence-electron chi connectivity index (χ3n) is 6.66. The van der Waals surface area contributed by atoms with Crippen molar-refractivity contribution in [1.29, 1.82) is 0 Å². The van der Waals surface area contributed by atoms with Gasteiger partial charge in [-0.15, -0.1) is 11.3 Å². The predicted molar refractivity (Wildman–Crippen MR) is 150 cm³/mol. The van der Waals surface area contributed by atoms with Crippen LogP contribution >= 0.6 is 27.3 Å². The van der Waals surface area contributed by atoms with Crippen LogP contribution in [0.1, 0.15) is 39.2 Å². The zero-order valence-electron chi connectivity index (χ0n) is 19.6. The van der Waals surface area contributed by atoms with Gasteiger partial charge in [-0.05, 0) is 88.3 Å². The zero-order chi connectivity index (χ0) is 25.5. The summed E-state index contributed by atoms with van der Waals surface area (Å²) in [5.74, 6) is -0.363. The Kier molecular flexibility index (Phi) is 6.10. The summed E-state index contributed by atoms with van der Waals surface area (Å²) in [6, 6.07) is 16.2. The molecule has 7 nitrogen and oxygen atoms in total. The number of fused-ring (bicyclic) bond motifs is 4. The summed E-state index contributed by atoms with van der Waals surface area (Å²) >= 11 is 4.98. The number of nitrogens with one attached hydrogen (secondary N) is 1. The van der Waals surface area contributed by atoms with E-state index in [2.05, 4.69) is 31.4 Å². The zero-order valence-corrected chi connectivity index (χ0v) is 22.0. The van der Waals surface area contributed by atoms with Gasteiger partial charge in [0.1, 0.15) is 16.9 Å². The minimum absolute atomic E-state index is 0.0453. The normalized spacial score (nSPS) is 13.3. The summed E-state index contributed by atoms with van der Waals surface area (Å²) in [4.78, 5) is 32.6. The Labute approximate surface area is 224 Å². The van der Waals surface area contributed by atoms with Gasteiger partial charge < -0.3 is 5.11 Å². The van der Waals surface area contributed by atoms with E-state index >= 15 is 0 Å². The molecule has 184 valence electrons. The van der Waals surface area contributed by atoms with E-state index in [1.807, 2.05) is 30.3 Å². The van der Waals surface area contributed by atoms with E-state index < -0.39 is 5.91 Å². The molecule has 0 saturated carbocycles. The highest BCUT2D eigenvalue weighted by molar-refractivity contribution is 9.10. The van der Waals surface area contributed by atoms with Crippen LogP contribution in [0.25, 0.3) is 26.7 Å². The lowest BCUT2D eigenvalue weighted by Gasteiger charge is -2.10. The van der Waals surface area contributed by atoms with Crippen LogP contribution in [0.4, 0.5) is 0 Å². The Balaban J connectivity index is 1.24. The summed E-state index contributed by atoms with van der Waals surface area (Å²) in [7, 11) is 0. The highest BCUT2D eigenvalue weighted by Crippen LogP contribution is 2.34. The molecule has 37 heavy (non-hydrogen) atoms. The number of aromatic hydroxyl groups is 1. The second-order valence-electron chi connectivity index (χ2n) is 8.90. The first kappa shape index (κ1) is 23.6. The number of hydrogen-bond acceptors (Lipinski definition) is 6. The van der Waals surface area contributed by atoms with Crippen molar-refractivity contribution in [3.8, 4) is 11.4 Å². The number of nitrogens with zero attached hydrogens (tertiary/aromatic N) is 3. The number of hydrogen-bond donors (Lipinski definition) is 2. The first-order valence-corrected chi connectivity index (χ1v) is 13.5. The van der Waals surface area contributed by atoms with Gasteiger partial charge in [0.2, 0.25) is 0 Å². The van der Waals surface area contributed by atoms with Gasteiger partial charge in [-0.1, -0.05) is 24.3 Å². The third-order valence-corrected chi connectivity index (χ3v) is 8.46. The van der Waals surface area contributed by atoms with Crippen LogP contribution in [0, 0.1) is 0 Å². The SMILES string of the molecule is O=C(N/N=C\c1c(O)c(Br)cc2ccccc12)c1ccc(-n2cnc3sc4c(c3c2=O)CCCC4)cc1. The molecule has 0 saturated heterocycles. The molecule has 0 atom stereocenters. The van der Waals surface area contributed by atoms with Crippen molar-refractivity contribution in [1.82, 2.24) is 15.0 Å². The van der Waals surface area contributed by atoms with Crippen LogP contribution in [0.3, 0.4) is 0 Å². The highest BCUT2D eigenvalue weighted by atomic mass is 79.9. The molecule has 1 aliphatic rings. The number of benzene rings is 3. The average molecular weight is 573 g/mol. The van der Waals surface area contributed by atoms with Gasteiger partial charge in [-0.2, -0.15) is 5.10 Å². The predicted octanol–water partition coefficient (Wildman–Crippen LogP) is 5.71. The van der Waals surface area contributed by atoms with Gasteiger partial charge in [0.05, 0.1) is 21.8 Å². The Hall–Kier alpha value is -3.82. The van der Waals surface area contributed by atoms with Crippen LogP contribution in [-0.4, -0.2) is 26.8 Å². The molecular formula is C28H21BrN4O3S. The molecule has 0 aliphatic heterocycles. The Morgan fingerprint density at radius 3 is 2.76 bits per heavy atom. The number of phenolic OH excluding ortho intramolecular Hbond substituents is 1. The van der Waals surface area contributed by atoms with Crippen molar-refractivity contribution in [3.05, 3.63) is 97.3 Å². The molecule has 3 aromatic carbocycles. The fourth-order valence-electron chi connectivity index (χ4n) is 4.78. The summed E-state index contributed by atoms with van der Waals surface area (Å²) in [6.07, 6.45) is 7.17. The number of phenols is 1. The van der Waals surface area contributed by atoms with Gasteiger partial charge >= 0.3 is 0 Å². The molecule has 2 heterocycles. The third kappa shape index (κ3) is 4.24. The largest absolute Gasteiger partial charge is 0.506 e. The van der Waals surface area contributed by atoms with Crippen molar-refractivity contribution in [2.24, 2.45) is 5.10 Å². The number of rotatable bonds is 4. The molecule has 0 spiro atoms. The number of amides is 1. The quantitative estimate of drug-likeness (QED) is 0.213. The first-order valence-electron chi connectivity index (χ1n) is 11.9. The highest BCUT2D eigenvalue weighted by Gasteiger charge is 2.20. The maximum atomic E-state index is 13.3. The van der Waals surface area contributed by atoms with Gasteiger partial charge in [0, 0.05) is 16.0 Å². The Morgan fingerprint density at radius 2 is 1.92 bits per heavy atom. The molecule has 0 fully saturated rings. The lowest BCUT2D eigenvalue weighted by atomic mass is 9.97. The smallest absolute Gasteiger partial charge is 0.271 e. The fraction of sp³-hybridized carbons (Fsp3) is 0.143. The van der Waals surface area contributed by atoms with E-state index in [1.54, 1.807) is 41.9 Å². The molecule has 2 N–H and O–H groups in total. The van der Waals surface area contributed by atoms with Crippen LogP contribution in [0.2, 0.25) is 0 Å². The second kappa shape index (κ2) is 9.57. The monoisotopic (exact) mass is 572 g/mol. The molecular weight excluding hydrogens is 552 g/mol. The van der Waals surface area contributed by atoms with Crippen LogP contribution < -0.4 is 11.0 Å². The molecule has 1 amide bonds. The first-order chi connectivity index (χ1) is 18.0. The molecule has 0 unspecified atom stereocenters. The molecule has 2 aromatic heterocycles. The maximum Gasteiger partial charge on any atom is 0.271 e. The molecule has 0 bridgehead atoms. The fourth-order valence-corrected chi connectivity index (χ4v) is 6.46. The van der Waals surface area contributed by atoms with E-state index in [-0.39, 0.29) is 11.3 Å². The Bertz CT molecular complexity index is 1770. The summed E-state index contributed by atoms with van der Waals surface area (Å²) in [5, 5.41) is 17.0. The number of aryl methyl sites for hydroxylation is 2. The van der Waals surface area contributed by atoms with E-state index in [0.717, 1.165) is 52.2 Å². The molecule has 5 aromatic rings. The van der Waals surface area contributed by atoms with Gasteiger partial charge in [-0.3, -0.25) is 14.2 Å². The number of carbonyl (C=O) groups excluding carboxylic acids is 1. The molecule has 0 radical (unpaired) electrons. The summed E-state index contributed by atoms with van der Waals surface area (Å²) < 4.78 is 2.07. The number of hydrazone groups is 1. The molecule has 1 aliphatic carbocycles. The maximum absolute atomic E-state index is 13.3. The van der Waals surface area contributed by atoms with Gasteiger partial charge in [-0.25, -0.2) is 10.4 Å². The average Bonchev–Trinajstić information content (AvgIpc) is 3.30. The van der Waals surface area contributed by atoms with Crippen molar-refractivity contribution in [3.63, 3.8) is 0 Å². The van der Waals surface area contributed by atoms with Crippen molar-refractivity contribution >= 4 is 60.4 Å². The number of carbonyl (C=O) groups is 1. The number of thiophene rings is 1. The number of aromatic nitrogens is 2. The van der Waals surface area contributed by atoms with E-state index in [1.165, 1.54) is 15.7 Å². The Morgan fingerprint density at radius 1 is 1.14 bits per heavy atom. The molecule has 6 rings (SSSR count). The van der Waals surface area contributed by atoms with Gasteiger partial charge in [0.15, 0.2) is 0 Å². The summed E-state index contributed by atoms with van der Waals surface area (Å²) in [5.41, 5.74) is 5.11. The summed E-state index contributed by atoms with van der Waals surface area (Å²) in [6.45, 7) is 0. The lowest BCUT2D eigenvalue weighted by Crippen LogP contribution is -2.20. The van der Waals surface area contributed by atoms with Crippen molar-refractivity contribution in [2.45, 2.75) is 25.7 Å². The standard InChI is InChI=1S/C28H21BrN4O3S/c29-22-13-17-5-1-2-6-19(17)21(25(22)34)14-31-32-26(35)16-9-11-18(12-10-16)33-15-30-27-24(28(33)36)20-7-3-4-8-23(20)37-27/h1-2,5-6,9-15,34H,3-4,7-8H2,(H,32,35)/b31-14-. The second-order valence-corrected chi connectivity index (χ2v) is 10.8. The minimum Gasteiger partial charge on any atom is -0.506 e. The van der Waals surface area contributed by atoms with Crippen molar-refractivity contribution < 1.29 is 9.90 Å². The topological polar surface area (TPSA) is 96.6 Å². The van der Waals surface area contributed by atoms with E-state index in [4.69, 9.17) is 0 Å². The lowest BCUT2D eigenvalue weighted by molar-refractivity contribution is 0.0955. The van der Waals surface area contributed by atoms with E-state index in [0.29, 0.717) is 21.3 Å². The number of halogens is 1. The van der Waals surface area contributed by atoms with Crippen LogP contribution in [0.15, 0.2) is 75.3 Å². The molecule has 9 heteroatoms. The van der Waals surface area contributed by atoms with Gasteiger partial charge in [0.25, 0.3) is 11.5 Å². The van der Waals surface area contributed by atoms with Crippen LogP contribution in [0.5, 0.6) is 5.75 Å². The van der Waals surface area contributed by atoms with Crippen LogP contribution in [-0.2, 0) is 12.8 Å². The van der Waals surface area contributed by atoms with E-state index in [9.17, 15) is 14.7 Å². The van der Waals surface area contributed by atoms with Crippen molar-refractivity contribution in [2.75, 3.05) is 0 Å². The minimum atomic E-state index is -0.408.